The van der Waals surface area contributed by atoms with Crippen LogP contribution in [0.3, 0.4) is 0 Å². The molecule has 0 saturated carbocycles. The molecule has 0 aliphatic heterocycles. The van der Waals surface area contributed by atoms with E-state index in [4.69, 9.17) is 5.11 Å². The van der Waals surface area contributed by atoms with Crippen molar-refractivity contribution < 1.29 is 19.4 Å². The summed E-state index contributed by atoms with van der Waals surface area (Å²) in [5.41, 5.74) is 0.523. The maximum Gasteiger partial charge on any atom is 0.306 e. The van der Waals surface area contributed by atoms with Crippen molar-refractivity contribution in [1.82, 2.24) is 0 Å². The molecule has 1 aromatic carbocycles. The van der Waals surface area contributed by atoms with Gasteiger partial charge in [-0.25, -0.2) is 4.39 Å². The normalized spacial score (nSPS) is 14.4. The van der Waals surface area contributed by atoms with Crippen molar-refractivity contribution in [2.45, 2.75) is 26.2 Å². The zero-order valence-corrected chi connectivity index (χ0v) is 9.27. The lowest BCUT2D eigenvalue weighted by molar-refractivity contribution is -0.141. The number of phenols is 1. The summed E-state index contributed by atoms with van der Waals surface area (Å²) < 4.78 is 13.1. The number of rotatable bonds is 4. The van der Waals surface area contributed by atoms with Crippen LogP contribution in [0.2, 0.25) is 0 Å². The zero-order chi connectivity index (χ0) is 12.3. The van der Waals surface area contributed by atoms with Gasteiger partial charge in [0.25, 0.3) is 0 Å². The summed E-state index contributed by atoms with van der Waals surface area (Å²) >= 11 is 0. The average Bonchev–Trinajstić information content (AvgIpc) is 2.16. The van der Waals surface area contributed by atoms with Gasteiger partial charge in [0.05, 0.1) is 5.92 Å². The highest BCUT2D eigenvalue weighted by Crippen LogP contribution is 2.30. The number of carboxylic acids is 1. The Labute approximate surface area is 93.5 Å². The number of hydrogen-bond donors (Lipinski definition) is 2. The lowest BCUT2D eigenvalue weighted by atomic mass is 9.85. The molecule has 0 aliphatic rings. The molecule has 0 radical (unpaired) electrons. The van der Waals surface area contributed by atoms with Crippen LogP contribution in [0.4, 0.5) is 4.39 Å². The molecule has 0 bridgehead atoms. The fourth-order valence-corrected chi connectivity index (χ4v) is 1.86. The van der Waals surface area contributed by atoms with Crippen molar-refractivity contribution in [2.24, 2.45) is 5.92 Å². The van der Waals surface area contributed by atoms with Gasteiger partial charge in [0.15, 0.2) is 0 Å². The number of aromatic hydroxyl groups is 1. The van der Waals surface area contributed by atoms with Crippen LogP contribution >= 0.6 is 0 Å². The third kappa shape index (κ3) is 2.72. The Hall–Kier alpha value is -1.58. The third-order valence-electron chi connectivity index (χ3n) is 2.77. The molecule has 0 fully saturated rings. The number of benzene rings is 1. The van der Waals surface area contributed by atoms with Crippen LogP contribution in [0.25, 0.3) is 0 Å². The topological polar surface area (TPSA) is 57.5 Å². The first-order valence-electron chi connectivity index (χ1n) is 5.18. The molecule has 0 aliphatic carbocycles. The predicted octanol–water partition coefficient (Wildman–Crippen LogP) is 2.75. The van der Waals surface area contributed by atoms with Crippen LogP contribution in [0, 0.1) is 11.7 Å². The second kappa shape index (κ2) is 4.96. The fourth-order valence-electron chi connectivity index (χ4n) is 1.86. The van der Waals surface area contributed by atoms with E-state index in [-0.39, 0.29) is 11.7 Å². The van der Waals surface area contributed by atoms with Crippen molar-refractivity contribution in [1.29, 1.82) is 0 Å². The Morgan fingerprint density at radius 1 is 1.44 bits per heavy atom. The quantitative estimate of drug-likeness (QED) is 0.829. The molecule has 2 N–H and O–H groups in total. The van der Waals surface area contributed by atoms with E-state index in [0.29, 0.717) is 12.0 Å². The van der Waals surface area contributed by atoms with Crippen molar-refractivity contribution in [3.05, 3.63) is 29.6 Å². The predicted molar refractivity (Wildman–Crippen MR) is 57.9 cm³/mol. The van der Waals surface area contributed by atoms with Crippen LogP contribution in [0.1, 0.15) is 31.7 Å². The molecule has 1 aromatic rings. The van der Waals surface area contributed by atoms with E-state index >= 15 is 0 Å². The Bertz CT molecular complexity index is 370. The molecular weight excluding hydrogens is 211 g/mol. The first kappa shape index (κ1) is 12.5. The smallest absolute Gasteiger partial charge is 0.306 e. The van der Waals surface area contributed by atoms with E-state index in [2.05, 4.69) is 0 Å². The highest BCUT2D eigenvalue weighted by atomic mass is 19.1. The number of hydrogen-bond acceptors (Lipinski definition) is 2. The van der Waals surface area contributed by atoms with Crippen LogP contribution in [0.5, 0.6) is 5.75 Å². The minimum Gasteiger partial charge on any atom is -0.508 e. The molecule has 2 atom stereocenters. The molecule has 0 amide bonds. The monoisotopic (exact) mass is 226 g/mol. The molecule has 0 heterocycles. The minimum absolute atomic E-state index is 0.175. The lowest BCUT2D eigenvalue weighted by Crippen LogP contribution is -2.18. The van der Waals surface area contributed by atoms with E-state index in [1.807, 2.05) is 6.92 Å². The Kier molecular flexibility index (Phi) is 3.88. The number of carboxylic acid groups (broad SMARTS) is 1. The van der Waals surface area contributed by atoms with Gasteiger partial charge in [-0.1, -0.05) is 13.8 Å². The van der Waals surface area contributed by atoms with Crippen LogP contribution in [0.15, 0.2) is 18.2 Å². The van der Waals surface area contributed by atoms with E-state index in [1.54, 1.807) is 6.92 Å². The second-order valence-electron chi connectivity index (χ2n) is 3.88. The Balaban J connectivity index is 3.08. The van der Waals surface area contributed by atoms with Crippen molar-refractivity contribution in [2.75, 3.05) is 0 Å². The van der Waals surface area contributed by atoms with Crippen molar-refractivity contribution in [3.8, 4) is 5.75 Å². The van der Waals surface area contributed by atoms with E-state index in [0.717, 1.165) is 6.07 Å². The molecular formula is C12H15FO3. The standard InChI is InChI=1S/C12H15FO3/c1-3-11(7(2)12(15)16)8-4-9(13)6-10(14)5-8/h4-7,11,14H,3H2,1-2H3,(H,15,16)/t7?,11-/m1/s1. The van der Waals surface area contributed by atoms with Gasteiger partial charge < -0.3 is 10.2 Å². The fraction of sp³-hybridized carbons (Fsp3) is 0.417. The van der Waals surface area contributed by atoms with Gasteiger partial charge in [0.2, 0.25) is 0 Å². The second-order valence-corrected chi connectivity index (χ2v) is 3.88. The van der Waals surface area contributed by atoms with Crippen LogP contribution < -0.4 is 0 Å². The molecule has 1 rings (SSSR count). The maximum atomic E-state index is 13.1. The molecule has 16 heavy (non-hydrogen) atoms. The number of aliphatic carboxylic acids is 1. The summed E-state index contributed by atoms with van der Waals surface area (Å²) in [6.45, 7) is 3.42. The Morgan fingerprint density at radius 3 is 2.50 bits per heavy atom. The largest absolute Gasteiger partial charge is 0.508 e. The molecule has 3 nitrogen and oxygen atoms in total. The van der Waals surface area contributed by atoms with Gasteiger partial charge in [-0.2, -0.15) is 0 Å². The van der Waals surface area contributed by atoms with Crippen molar-refractivity contribution in [3.63, 3.8) is 0 Å². The first-order valence-corrected chi connectivity index (χ1v) is 5.18. The number of phenolic OH excluding ortho intramolecular Hbond substituents is 1. The molecule has 1 unspecified atom stereocenters. The van der Waals surface area contributed by atoms with Gasteiger partial charge in [0.1, 0.15) is 11.6 Å². The molecule has 0 saturated heterocycles. The molecule has 88 valence electrons. The van der Waals surface area contributed by atoms with Gasteiger partial charge >= 0.3 is 5.97 Å². The first-order chi connectivity index (χ1) is 7.45. The van der Waals surface area contributed by atoms with E-state index < -0.39 is 17.7 Å². The van der Waals surface area contributed by atoms with Crippen LogP contribution in [-0.4, -0.2) is 16.2 Å². The van der Waals surface area contributed by atoms with Gasteiger partial charge in [0, 0.05) is 6.07 Å². The maximum absolute atomic E-state index is 13.1. The number of carbonyl (C=O) groups is 1. The highest BCUT2D eigenvalue weighted by molar-refractivity contribution is 5.71. The Morgan fingerprint density at radius 2 is 2.06 bits per heavy atom. The summed E-state index contributed by atoms with van der Waals surface area (Å²) in [5.74, 6) is -2.54. The minimum atomic E-state index is -0.921. The van der Waals surface area contributed by atoms with Crippen molar-refractivity contribution >= 4 is 5.97 Å². The van der Waals surface area contributed by atoms with Gasteiger partial charge in [-0.05, 0) is 30.0 Å². The molecule has 0 aromatic heterocycles. The summed E-state index contributed by atoms with van der Waals surface area (Å²) in [5, 5.41) is 18.2. The summed E-state index contributed by atoms with van der Waals surface area (Å²) in [4.78, 5) is 10.9. The SMILES string of the molecule is CC[C@@H](c1cc(O)cc(F)c1)C(C)C(=O)O. The number of halogens is 1. The average molecular weight is 226 g/mol. The summed E-state index contributed by atoms with van der Waals surface area (Å²) in [6, 6.07) is 3.69. The van der Waals surface area contributed by atoms with E-state index in [9.17, 15) is 14.3 Å². The zero-order valence-electron chi connectivity index (χ0n) is 9.27. The van der Waals surface area contributed by atoms with Gasteiger partial charge in [-0.3, -0.25) is 4.79 Å². The molecule has 4 heteroatoms. The third-order valence-corrected chi connectivity index (χ3v) is 2.77. The molecule has 0 spiro atoms. The highest BCUT2D eigenvalue weighted by Gasteiger charge is 2.24. The summed E-state index contributed by atoms with van der Waals surface area (Å²) in [7, 11) is 0. The summed E-state index contributed by atoms with van der Waals surface area (Å²) in [6.07, 6.45) is 0.580. The lowest BCUT2D eigenvalue weighted by Gasteiger charge is -2.19. The van der Waals surface area contributed by atoms with Crippen LogP contribution in [-0.2, 0) is 4.79 Å². The van der Waals surface area contributed by atoms with E-state index in [1.165, 1.54) is 12.1 Å². The van der Waals surface area contributed by atoms with Gasteiger partial charge in [-0.15, -0.1) is 0 Å².